The molecule has 0 aliphatic carbocycles. The van der Waals surface area contributed by atoms with Gasteiger partial charge < -0.3 is 15.8 Å². The molecule has 0 aliphatic rings. The van der Waals surface area contributed by atoms with Gasteiger partial charge in [-0.1, -0.05) is 0 Å². The summed E-state index contributed by atoms with van der Waals surface area (Å²) in [7, 11) is 1.85. The molecule has 0 saturated heterocycles. The minimum Gasteiger partial charge on any atom is -0.329 e. The third kappa shape index (κ3) is 4.12. The monoisotopic (exact) mass is 130 g/mol. The van der Waals surface area contributed by atoms with E-state index in [0.29, 0.717) is 19.0 Å². The van der Waals surface area contributed by atoms with Crippen LogP contribution in [0.2, 0.25) is 0 Å². The first-order valence-corrected chi connectivity index (χ1v) is 3.16. The Hall–Kier alpha value is -0.410. The average molecular weight is 130 g/mol. The molecule has 0 aromatic rings. The molecule has 0 spiro atoms. The predicted molar refractivity (Wildman–Crippen MR) is 37.2 cm³/mol. The summed E-state index contributed by atoms with van der Waals surface area (Å²) in [4.78, 5) is 9.87. The largest absolute Gasteiger partial charge is 0.329 e. The maximum Gasteiger partial charge on any atom is 0.120 e. The maximum atomic E-state index is 9.87. The number of hydrogen-bond donors (Lipinski definition) is 2. The van der Waals surface area contributed by atoms with Gasteiger partial charge in [0.1, 0.15) is 6.29 Å². The van der Waals surface area contributed by atoms with Crippen molar-refractivity contribution in [2.75, 3.05) is 13.6 Å². The lowest BCUT2D eigenvalue weighted by atomic mass is 10.2. The minimum absolute atomic E-state index is 0.301. The highest BCUT2D eigenvalue weighted by Gasteiger charge is 1.99. The van der Waals surface area contributed by atoms with E-state index in [0.717, 1.165) is 12.7 Å². The number of hydrogen-bond acceptors (Lipinski definition) is 3. The van der Waals surface area contributed by atoms with Gasteiger partial charge in [0.2, 0.25) is 0 Å². The van der Waals surface area contributed by atoms with Gasteiger partial charge in [0.15, 0.2) is 0 Å². The number of aldehydes is 1. The van der Waals surface area contributed by atoms with Crippen molar-refractivity contribution in [2.24, 2.45) is 5.73 Å². The Balaban J connectivity index is 3.19. The van der Waals surface area contributed by atoms with E-state index in [1.807, 2.05) is 7.05 Å². The van der Waals surface area contributed by atoms with Gasteiger partial charge in [-0.05, 0) is 13.5 Å². The smallest absolute Gasteiger partial charge is 0.120 e. The number of carbonyl (C=O) groups is 1. The van der Waals surface area contributed by atoms with Crippen molar-refractivity contribution in [2.45, 2.75) is 18.9 Å². The van der Waals surface area contributed by atoms with E-state index in [1.54, 1.807) is 0 Å². The summed E-state index contributed by atoms with van der Waals surface area (Å²) in [6, 6.07) is 0.301. The molecule has 9 heavy (non-hydrogen) atoms. The lowest BCUT2D eigenvalue weighted by Gasteiger charge is -2.10. The number of carbonyl (C=O) groups excluding carboxylic acids is 1. The fourth-order valence-electron chi connectivity index (χ4n) is 0.649. The molecule has 0 aliphatic heterocycles. The second kappa shape index (κ2) is 5.72. The van der Waals surface area contributed by atoms with Crippen molar-refractivity contribution in [3.63, 3.8) is 0 Å². The van der Waals surface area contributed by atoms with E-state index in [9.17, 15) is 4.79 Å². The molecule has 0 radical (unpaired) electrons. The first-order valence-electron chi connectivity index (χ1n) is 3.16. The fourth-order valence-corrected chi connectivity index (χ4v) is 0.649. The molecule has 0 bridgehead atoms. The highest BCUT2D eigenvalue weighted by Crippen LogP contribution is 1.90. The van der Waals surface area contributed by atoms with Crippen LogP contribution in [-0.2, 0) is 4.79 Å². The Morgan fingerprint density at radius 2 is 2.44 bits per heavy atom. The quantitative estimate of drug-likeness (QED) is 0.494. The molecular weight excluding hydrogens is 116 g/mol. The van der Waals surface area contributed by atoms with Crippen LogP contribution in [0.25, 0.3) is 0 Å². The number of rotatable bonds is 5. The molecule has 0 rings (SSSR count). The molecule has 0 fully saturated rings. The van der Waals surface area contributed by atoms with Gasteiger partial charge in [-0.3, -0.25) is 0 Å². The average Bonchev–Trinajstić information content (AvgIpc) is 1.91. The molecule has 0 heterocycles. The zero-order valence-corrected chi connectivity index (χ0v) is 5.76. The Morgan fingerprint density at radius 1 is 1.78 bits per heavy atom. The van der Waals surface area contributed by atoms with E-state index in [-0.39, 0.29) is 0 Å². The lowest BCUT2D eigenvalue weighted by Crippen LogP contribution is -2.33. The van der Waals surface area contributed by atoms with Crippen LogP contribution >= 0.6 is 0 Å². The van der Waals surface area contributed by atoms with Crippen LogP contribution in [0.1, 0.15) is 12.8 Å². The van der Waals surface area contributed by atoms with Gasteiger partial charge in [0.05, 0.1) is 0 Å². The Bertz CT molecular complexity index is 71.5. The molecule has 0 saturated carbocycles. The normalized spacial score (nSPS) is 13.1. The highest BCUT2D eigenvalue weighted by molar-refractivity contribution is 5.49. The molecule has 0 aromatic heterocycles. The molecule has 1 unspecified atom stereocenters. The third-order valence-electron chi connectivity index (χ3n) is 1.33. The number of likely N-dealkylation sites (N-methyl/N-ethyl adjacent to an activating group) is 1. The first-order chi connectivity index (χ1) is 4.35. The molecule has 3 N–H and O–H groups in total. The van der Waals surface area contributed by atoms with Crippen LogP contribution < -0.4 is 11.1 Å². The standard InChI is InChI=1S/C6H14N2O/c1-8-6(5-7)3-2-4-9/h4,6,8H,2-3,5,7H2,1H3. The van der Waals surface area contributed by atoms with Gasteiger partial charge >= 0.3 is 0 Å². The van der Waals surface area contributed by atoms with E-state index >= 15 is 0 Å². The second-order valence-corrected chi connectivity index (χ2v) is 1.97. The summed E-state index contributed by atoms with van der Waals surface area (Å²) in [6.07, 6.45) is 2.36. The predicted octanol–water partition coefficient (Wildman–Crippen LogP) is -0.488. The maximum absolute atomic E-state index is 9.87. The summed E-state index contributed by atoms with van der Waals surface area (Å²) >= 11 is 0. The summed E-state index contributed by atoms with van der Waals surface area (Å²) in [6.45, 7) is 0.602. The fraction of sp³-hybridized carbons (Fsp3) is 0.833. The van der Waals surface area contributed by atoms with Crippen molar-refractivity contribution >= 4 is 6.29 Å². The zero-order chi connectivity index (χ0) is 7.11. The van der Waals surface area contributed by atoms with Crippen molar-refractivity contribution in [3.8, 4) is 0 Å². The first kappa shape index (κ1) is 8.59. The van der Waals surface area contributed by atoms with Gasteiger partial charge in [-0.2, -0.15) is 0 Å². The van der Waals surface area contributed by atoms with Crippen LogP contribution in [-0.4, -0.2) is 25.9 Å². The molecule has 3 nitrogen and oxygen atoms in total. The summed E-state index contributed by atoms with van der Waals surface area (Å²) in [5.74, 6) is 0. The summed E-state index contributed by atoms with van der Waals surface area (Å²) in [5, 5.41) is 3.00. The van der Waals surface area contributed by atoms with E-state index in [2.05, 4.69) is 5.32 Å². The Labute approximate surface area is 55.6 Å². The minimum atomic E-state index is 0.301. The SMILES string of the molecule is CNC(CN)CCC=O. The topological polar surface area (TPSA) is 55.1 Å². The van der Waals surface area contributed by atoms with Crippen LogP contribution in [0, 0.1) is 0 Å². The van der Waals surface area contributed by atoms with Gasteiger partial charge in [-0.15, -0.1) is 0 Å². The van der Waals surface area contributed by atoms with Crippen LogP contribution in [0.4, 0.5) is 0 Å². The van der Waals surface area contributed by atoms with Crippen molar-refractivity contribution in [1.82, 2.24) is 5.32 Å². The van der Waals surface area contributed by atoms with Crippen molar-refractivity contribution < 1.29 is 4.79 Å². The molecule has 0 amide bonds. The molecular formula is C6H14N2O. The van der Waals surface area contributed by atoms with Gasteiger partial charge in [-0.25, -0.2) is 0 Å². The zero-order valence-electron chi connectivity index (χ0n) is 5.76. The summed E-state index contributed by atoms with van der Waals surface area (Å²) < 4.78 is 0. The summed E-state index contributed by atoms with van der Waals surface area (Å²) in [5.41, 5.74) is 5.35. The highest BCUT2D eigenvalue weighted by atomic mass is 16.1. The van der Waals surface area contributed by atoms with Gasteiger partial charge in [0.25, 0.3) is 0 Å². The molecule has 54 valence electrons. The Morgan fingerprint density at radius 3 is 2.78 bits per heavy atom. The van der Waals surface area contributed by atoms with Crippen LogP contribution in [0.5, 0.6) is 0 Å². The number of nitrogens with two attached hydrogens (primary N) is 1. The van der Waals surface area contributed by atoms with Crippen molar-refractivity contribution in [1.29, 1.82) is 0 Å². The third-order valence-corrected chi connectivity index (χ3v) is 1.33. The van der Waals surface area contributed by atoms with Crippen LogP contribution in [0.3, 0.4) is 0 Å². The van der Waals surface area contributed by atoms with E-state index in [4.69, 9.17) is 5.73 Å². The lowest BCUT2D eigenvalue weighted by molar-refractivity contribution is -0.108. The second-order valence-electron chi connectivity index (χ2n) is 1.97. The molecule has 1 atom stereocenters. The number of nitrogens with one attached hydrogen (secondary N) is 1. The molecule has 0 aromatic carbocycles. The van der Waals surface area contributed by atoms with Crippen LogP contribution in [0.15, 0.2) is 0 Å². The Kier molecular flexibility index (Phi) is 5.46. The van der Waals surface area contributed by atoms with E-state index in [1.165, 1.54) is 0 Å². The van der Waals surface area contributed by atoms with E-state index < -0.39 is 0 Å². The molecule has 3 heteroatoms. The van der Waals surface area contributed by atoms with Gasteiger partial charge in [0, 0.05) is 19.0 Å². The van der Waals surface area contributed by atoms with Crippen molar-refractivity contribution in [3.05, 3.63) is 0 Å².